The van der Waals surface area contributed by atoms with Gasteiger partial charge in [-0.25, -0.2) is 4.98 Å². The van der Waals surface area contributed by atoms with Crippen LogP contribution in [0, 0.1) is 6.92 Å². The molecule has 24 heavy (non-hydrogen) atoms. The van der Waals surface area contributed by atoms with Crippen LogP contribution in [0.2, 0.25) is 5.02 Å². The number of aromatic nitrogens is 3. The van der Waals surface area contributed by atoms with E-state index in [9.17, 15) is 4.79 Å². The minimum absolute atomic E-state index is 0.176. The number of nitrogens with zero attached hydrogens (tertiary/aromatic N) is 5. The zero-order valence-corrected chi connectivity index (χ0v) is 14.4. The van der Waals surface area contributed by atoms with Crippen molar-refractivity contribution in [2.45, 2.75) is 26.2 Å². The third kappa shape index (κ3) is 4.23. The van der Waals surface area contributed by atoms with Crippen LogP contribution in [-0.2, 0) is 11.2 Å². The van der Waals surface area contributed by atoms with Crippen LogP contribution in [0.15, 0.2) is 22.9 Å². The van der Waals surface area contributed by atoms with Gasteiger partial charge in [0.1, 0.15) is 5.82 Å². The standard InChI is InChI=1S/C16H20ClN5O2/c1-12-19-15(24-20-12)3-2-4-16(23)22-9-7-21(8-10-22)14-6-5-13(17)11-18-14/h5-6,11H,2-4,7-10H2,1H3. The Morgan fingerprint density at radius 2 is 2.08 bits per heavy atom. The summed E-state index contributed by atoms with van der Waals surface area (Å²) >= 11 is 5.86. The molecule has 0 aliphatic carbocycles. The van der Waals surface area contributed by atoms with Crippen LogP contribution < -0.4 is 4.90 Å². The average Bonchev–Trinajstić information content (AvgIpc) is 3.01. The number of rotatable bonds is 5. The molecule has 1 fully saturated rings. The largest absolute Gasteiger partial charge is 0.353 e. The van der Waals surface area contributed by atoms with Gasteiger partial charge in [0.15, 0.2) is 5.82 Å². The third-order valence-electron chi connectivity index (χ3n) is 4.02. The van der Waals surface area contributed by atoms with Crippen LogP contribution >= 0.6 is 11.6 Å². The van der Waals surface area contributed by atoms with Crippen molar-refractivity contribution in [3.05, 3.63) is 35.1 Å². The molecule has 0 aromatic carbocycles. The van der Waals surface area contributed by atoms with Crippen molar-refractivity contribution in [1.82, 2.24) is 20.0 Å². The van der Waals surface area contributed by atoms with Crippen LogP contribution in [0.3, 0.4) is 0 Å². The fraction of sp³-hybridized carbons (Fsp3) is 0.500. The Kier molecular flexibility index (Phi) is 5.30. The molecule has 7 nitrogen and oxygen atoms in total. The second-order valence-corrected chi connectivity index (χ2v) is 6.23. The number of amides is 1. The molecule has 1 aliphatic rings. The van der Waals surface area contributed by atoms with E-state index in [0.717, 1.165) is 25.3 Å². The van der Waals surface area contributed by atoms with Gasteiger partial charge in [0.25, 0.3) is 0 Å². The van der Waals surface area contributed by atoms with Crippen molar-refractivity contribution in [3.63, 3.8) is 0 Å². The molecule has 1 amide bonds. The molecular formula is C16H20ClN5O2. The van der Waals surface area contributed by atoms with E-state index in [1.807, 2.05) is 17.0 Å². The Balaban J connectivity index is 1.42. The maximum atomic E-state index is 12.3. The van der Waals surface area contributed by atoms with E-state index in [1.165, 1.54) is 0 Å². The van der Waals surface area contributed by atoms with Gasteiger partial charge in [-0.3, -0.25) is 4.79 Å². The lowest BCUT2D eigenvalue weighted by Gasteiger charge is -2.35. The number of pyridine rings is 1. The van der Waals surface area contributed by atoms with E-state index in [4.69, 9.17) is 16.1 Å². The van der Waals surface area contributed by atoms with Crippen LogP contribution in [0.25, 0.3) is 0 Å². The number of anilines is 1. The van der Waals surface area contributed by atoms with Crippen molar-refractivity contribution in [2.75, 3.05) is 31.1 Å². The minimum atomic E-state index is 0.176. The number of aryl methyl sites for hydroxylation is 2. The van der Waals surface area contributed by atoms with Gasteiger partial charge in [-0.2, -0.15) is 4.98 Å². The molecule has 0 atom stereocenters. The zero-order chi connectivity index (χ0) is 16.9. The number of piperazine rings is 1. The van der Waals surface area contributed by atoms with Crippen molar-refractivity contribution in [2.24, 2.45) is 0 Å². The molecular weight excluding hydrogens is 330 g/mol. The molecule has 2 aromatic rings. The van der Waals surface area contributed by atoms with Gasteiger partial charge in [-0.15, -0.1) is 0 Å². The SMILES string of the molecule is Cc1noc(CCCC(=O)N2CCN(c3ccc(Cl)cn3)CC2)n1. The maximum Gasteiger partial charge on any atom is 0.226 e. The Labute approximate surface area is 145 Å². The van der Waals surface area contributed by atoms with Gasteiger partial charge in [0.2, 0.25) is 11.8 Å². The van der Waals surface area contributed by atoms with E-state index >= 15 is 0 Å². The molecule has 128 valence electrons. The monoisotopic (exact) mass is 349 g/mol. The highest BCUT2D eigenvalue weighted by Gasteiger charge is 2.21. The quantitative estimate of drug-likeness (QED) is 0.822. The van der Waals surface area contributed by atoms with Gasteiger partial charge < -0.3 is 14.3 Å². The lowest BCUT2D eigenvalue weighted by molar-refractivity contribution is -0.131. The summed E-state index contributed by atoms with van der Waals surface area (Å²) in [6.45, 7) is 4.77. The highest BCUT2D eigenvalue weighted by atomic mass is 35.5. The van der Waals surface area contributed by atoms with Crippen LogP contribution in [-0.4, -0.2) is 52.1 Å². The van der Waals surface area contributed by atoms with E-state index in [0.29, 0.717) is 42.7 Å². The maximum absolute atomic E-state index is 12.3. The lowest BCUT2D eigenvalue weighted by Crippen LogP contribution is -2.49. The second kappa shape index (κ2) is 7.61. The zero-order valence-electron chi connectivity index (χ0n) is 13.6. The Morgan fingerprint density at radius 3 is 2.71 bits per heavy atom. The first-order chi connectivity index (χ1) is 11.6. The molecule has 3 rings (SSSR count). The molecule has 0 unspecified atom stereocenters. The predicted octanol–water partition coefficient (Wildman–Crippen LogP) is 2.10. The summed E-state index contributed by atoms with van der Waals surface area (Å²) in [6, 6.07) is 3.74. The fourth-order valence-electron chi connectivity index (χ4n) is 2.73. The summed E-state index contributed by atoms with van der Waals surface area (Å²) in [7, 11) is 0. The first-order valence-electron chi connectivity index (χ1n) is 8.05. The third-order valence-corrected chi connectivity index (χ3v) is 4.24. The summed E-state index contributed by atoms with van der Waals surface area (Å²) < 4.78 is 5.05. The van der Waals surface area contributed by atoms with E-state index in [-0.39, 0.29) is 5.91 Å². The number of hydrogen-bond donors (Lipinski definition) is 0. The van der Waals surface area contributed by atoms with Crippen LogP contribution in [0.1, 0.15) is 24.6 Å². The fourth-order valence-corrected chi connectivity index (χ4v) is 2.84. The van der Waals surface area contributed by atoms with Gasteiger partial charge >= 0.3 is 0 Å². The molecule has 3 heterocycles. The lowest BCUT2D eigenvalue weighted by atomic mass is 10.2. The van der Waals surface area contributed by atoms with Crippen molar-refractivity contribution in [3.8, 4) is 0 Å². The molecule has 0 radical (unpaired) electrons. The summed E-state index contributed by atoms with van der Waals surface area (Å²) in [5, 5.41) is 4.37. The van der Waals surface area contributed by atoms with E-state index in [2.05, 4.69) is 20.0 Å². The molecule has 0 spiro atoms. The molecule has 1 aliphatic heterocycles. The minimum Gasteiger partial charge on any atom is -0.353 e. The van der Waals surface area contributed by atoms with E-state index in [1.54, 1.807) is 13.1 Å². The van der Waals surface area contributed by atoms with Crippen LogP contribution in [0.4, 0.5) is 5.82 Å². The number of hydrogen-bond acceptors (Lipinski definition) is 6. The first kappa shape index (κ1) is 16.7. The van der Waals surface area contributed by atoms with Crippen molar-refractivity contribution in [1.29, 1.82) is 0 Å². The molecule has 0 N–H and O–H groups in total. The van der Waals surface area contributed by atoms with Gasteiger partial charge in [0.05, 0.1) is 5.02 Å². The van der Waals surface area contributed by atoms with Crippen LogP contribution in [0.5, 0.6) is 0 Å². The summed E-state index contributed by atoms with van der Waals surface area (Å²) in [6.07, 6.45) is 3.51. The normalized spacial score (nSPS) is 14.9. The Hall–Kier alpha value is -2.15. The summed E-state index contributed by atoms with van der Waals surface area (Å²) in [5.41, 5.74) is 0. The van der Waals surface area contributed by atoms with Gasteiger partial charge in [-0.05, 0) is 25.5 Å². The molecule has 0 saturated carbocycles. The van der Waals surface area contributed by atoms with Gasteiger partial charge in [0, 0.05) is 45.2 Å². The highest BCUT2D eigenvalue weighted by molar-refractivity contribution is 6.30. The number of halogens is 1. The summed E-state index contributed by atoms with van der Waals surface area (Å²) in [5.74, 6) is 2.30. The van der Waals surface area contributed by atoms with Crippen molar-refractivity contribution >= 4 is 23.3 Å². The Bertz CT molecular complexity index is 680. The molecule has 2 aromatic heterocycles. The smallest absolute Gasteiger partial charge is 0.226 e. The second-order valence-electron chi connectivity index (χ2n) is 5.79. The topological polar surface area (TPSA) is 75.4 Å². The number of carbonyl (C=O) groups is 1. The van der Waals surface area contributed by atoms with E-state index < -0.39 is 0 Å². The van der Waals surface area contributed by atoms with Gasteiger partial charge in [-0.1, -0.05) is 16.8 Å². The number of carbonyl (C=O) groups excluding carboxylic acids is 1. The Morgan fingerprint density at radius 1 is 1.29 bits per heavy atom. The predicted molar refractivity (Wildman–Crippen MR) is 90.0 cm³/mol. The average molecular weight is 350 g/mol. The molecule has 1 saturated heterocycles. The first-order valence-corrected chi connectivity index (χ1v) is 8.43. The van der Waals surface area contributed by atoms with Crippen molar-refractivity contribution < 1.29 is 9.32 Å². The highest BCUT2D eigenvalue weighted by Crippen LogP contribution is 2.16. The summed E-state index contributed by atoms with van der Waals surface area (Å²) in [4.78, 5) is 24.8. The molecule has 0 bridgehead atoms. The molecule has 8 heteroatoms.